The topological polar surface area (TPSA) is 82.8 Å². The van der Waals surface area contributed by atoms with Gasteiger partial charge in [-0.1, -0.05) is 133 Å². The minimum absolute atomic E-state index is 0.545. The highest BCUT2D eigenvalue weighted by Gasteiger charge is 2.22. The summed E-state index contributed by atoms with van der Waals surface area (Å²) < 4.78 is 15.5. The van der Waals surface area contributed by atoms with Gasteiger partial charge in [-0.25, -0.2) is 19.9 Å². The number of aromatic nitrogens is 5. The van der Waals surface area contributed by atoms with Crippen molar-refractivity contribution in [2.45, 2.75) is 0 Å². The summed E-state index contributed by atoms with van der Waals surface area (Å²) in [7, 11) is 0. The van der Waals surface area contributed by atoms with Crippen LogP contribution in [-0.2, 0) is 0 Å². The van der Waals surface area contributed by atoms with Crippen LogP contribution in [0.4, 0.5) is 0 Å². The smallest absolute Gasteiger partial charge is 0.227 e. The predicted octanol–water partition coefficient (Wildman–Crippen LogP) is 14.5. The van der Waals surface area contributed by atoms with E-state index in [4.69, 9.17) is 28.8 Å². The second kappa shape index (κ2) is 13.9. The van der Waals surface area contributed by atoms with Crippen LogP contribution in [0.1, 0.15) is 0 Å². The van der Waals surface area contributed by atoms with Crippen molar-refractivity contribution in [1.29, 1.82) is 0 Å². The van der Waals surface area contributed by atoms with Crippen molar-refractivity contribution in [3.05, 3.63) is 200 Å². The molecule has 0 saturated heterocycles. The fourth-order valence-electron chi connectivity index (χ4n) is 9.07. The summed E-state index contributed by atoms with van der Waals surface area (Å²) in [6.45, 7) is 0. The van der Waals surface area contributed by atoms with Crippen LogP contribution in [0.25, 0.3) is 128 Å². The van der Waals surface area contributed by atoms with Gasteiger partial charge in [0.15, 0.2) is 23.1 Å². The fourth-order valence-corrected chi connectivity index (χ4v) is 9.07. The molecule has 294 valence electrons. The molecule has 0 fully saturated rings. The van der Waals surface area contributed by atoms with Gasteiger partial charge in [0, 0.05) is 43.9 Å². The van der Waals surface area contributed by atoms with E-state index in [2.05, 4.69) is 114 Å². The number of rotatable bonds is 6. The summed E-state index contributed by atoms with van der Waals surface area (Å²) >= 11 is 0. The number of hydrogen-bond donors (Lipinski definition) is 0. The van der Waals surface area contributed by atoms with Gasteiger partial charge in [0.05, 0.1) is 16.6 Å². The lowest BCUT2D eigenvalue weighted by molar-refractivity contribution is 0.621. The molecule has 13 rings (SSSR count). The molecule has 0 aliphatic heterocycles. The Bertz CT molecular complexity index is 3920. The number of furan rings is 1. The van der Waals surface area contributed by atoms with Crippen LogP contribution in [0.2, 0.25) is 0 Å². The van der Waals surface area contributed by atoms with E-state index in [9.17, 15) is 0 Å². The molecule has 7 heteroatoms. The first-order valence-corrected chi connectivity index (χ1v) is 21.0. The summed E-state index contributed by atoms with van der Waals surface area (Å²) in [5.41, 5.74) is 11.8. The highest BCUT2D eigenvalue weighted by molar-refractivity contribution is 6.19. The summed E-state index contributed by atoms with van der Waals surface area (Å²) in [5, 5.41) is 6.67. The maximum atomic E-state index is 6.70. The van der Waals surface area contributed by atoms with Crippen LogP contribution in [0, 0.1) is 0 Å². The average molecular weight is 808 g/mol. The van der Waals surface area contributed by atoms with Crippen molar-refractivity contribution in [2.24, 2.45) is 0 Å². The third kappa shape index (κ3) is 5.75. The van der Waals surface area contributed by atoms with E-state index in [0.29, 0.717) is 23.4 Å². The highest BCUT2D eigenvalue weighted by Crippen LogP contribution is 2.41. The molecule has 0 saturated carbocycles. The number of fused-ring (bicyclic) bond motifs is 9. The first-order chi connectivity index (χ1) is 31.2. The zero-order chi connectivity index (χ0) is 41.4. The molecule has 0 bridgehead atoms. The Morgan fingerprint density at radius 3 is 1.84 bits per heavy atom. The standard InChI is InChI=1S/C56H33N5O2/c1-3-14-34(15-4-1)53-58-54(60-55(59-53)45-26-13-25-44-42-24-9-10-27-49(42)62-51(44)45)40-22-11-20-36(30-40)37-21-12-23-41(31-37)61-48-33-39-19-8-7-18-38(39)32-46(48)43-28-29-47-52(50(43)61)63-56(57-47)35-16-5-2-6-17-35/h1-33H. The molecule has 0 amide bonds. The first kappa shape index (κ1) is 35.1. The molecule has 63 heavy (non-hydrogen) atoms. The van der Waals surface area contributed by atoms with Gasteiger partial charge in [-0.2, -0.15) is 0 Å². The normalized spacial score (nSPS) is 11.8. The van der Waals surface area contributed by atoms with E-state index in [1.54, 1.807) is 0 Å². The second-order valence-electron chi connectivity index (χ2n) is 15.8. The van der Waals surface area contributed by atoms with Gasteiger partial charge >= 0.3 is 0 Å². The third-order valence-corrected chi connectivity index (χ3v) is 12.0. The van der Waals surface area contributed by atoms with Crippen molar-refractivity contribution in [3.8, 4) is 62.4 Å². The molecule has 0 radical (unpaired) electrons. The van der Waals surface area contributed by atoms with E-state index in [0.717, 1.165) is 93.9 Å². The quantitative estimate of drug-likeness (QED) is 0.166. The first-order valence-electron chi connectivity index (χ1n) is 21.0. The van der Waals surface area contributed by atoms with Gasteiger partial charge < -0.3 is 13.4 Å². The van der Waals surface area contributed by atoms with E-state index in [1.165, 1.54) is 10.8 Å². The number of nitrogens with zero attached hydrogens (tertiary/aromatic N) is 5. The van der Waals surface area contributed by atoms with Crippen LogP contribution in [0.3, 0.4) is 0 Å². The van der Waals surface area contributed by atoms with Crippen molar-refractivity contribution in [3.63, 3.8) is 0 Å². The Morgan fingerprint density at radius 2 is 1.00 bits per heavy atom. The van der Waals surface area contributed by atoms with Crippen LogP contribution in [-0.4, -0.2) is 24.5 Å². The Labute approximate surface area is 360 Å². The lowest BCUT2D eigenvalue weighted by Gasteiger charge is -2.12. The second-order valence-corrected chi connectivity index (χ2v) is 15.8. The van der Waals surface area contributed by atoms with Crippen molar-refractivity contribution < 1.29 is 8.83 Å². The Kier molecular flexibility index (Phi) is 7.77. The molecule has 4 aromatic heterocycles. The minimum atomic E-state index is 0.545. The van der Waals surface area contributed by atoms with E-state index in [1.807, 2.05) is 91.0 Å². The zero-order valence-electron chi connectivity index (χ0n) is 33.6. The molecule has 13 aromatic rings. The average Bonchev–Trinajstić information content (AvgIpc) is 4.06. The van der Waals surface area contributed by atoms with Gasteiger partial charge in [-0.3, -0.25) is 0 Å². The SMILES string of the molecule is c1ccc(-c2nc(-c3cccc(-c4cccc(-n5c6cc7ccccc7cc6c6ccc7nc(-c8ccccc8)oc7c65)c4)c3)nc(-c3cccc4c3oc3ccccc34)n2)cc1. The predicted molar refractivity (Wildman–Crippen MR) is 254 cm³/mol. The molecule has 0 unspecified atom stereocenters. The molecule has 4 heterocycles. The van der Waals surface area contributed by atoms with Gasteiger partial charge in [0.2, 0.25) is 5.89 Å². The maximum Gasteiger partial charge on any atom is 0.227 e. The fraction of sp³-hybridized carbons (Fsp3) is 0. The van der Waals surface area contributed by atoms with Gasteiger partial charge in [-0.15, -0.1) is 0 Å². The Hall–Kier alpha value is -8.68. The summed E-state index contributed by atoms with van der Waals surface area (Å²) in [4.78, 5) is 20.3. The monoisotopic (exact) mass is 807 g/mol. The van der Waals surface area contributed by atoms with Crippen molar-refractivity contribution >= 4 is 65.6 Å². The summed E-state index contributed by atoms with van der Waals surface area (Å²) in [6, 6.07) is 68.8. The van der Waals surface area contributed by atoms with E-state index >= 15 is 0 Å². The molecule has 0 aliphatic carbocycles. The molecular weight excluding hydrogens is 775 g/mol. The zero-order valence-corrected chi connectivity index (χ0v) is 33.6. The molecule has 0 N–H and O–H groups in total. The summed E-state index contributed by atoms with van der Waals surface area (Å²) in [5.74, 6) is 2.30. The summed E-state index contributed by atoms with van der Waals surface area (Å²) in [6.07, 6.45) is 0. The third-order valence-electron chi connectivity index (χ3n) is 12.0. The molecule has 0 spiro atoms. The minimum Gasteiger partial charge on any atom is -0.455 e. The maximum absolute atomic E-state index is 6.70. The molecular formula is C56H33N5O2. The lowest BCUT2D eigenvalue weighted by atomic mass is 10.0. The molecule has 9 aromatic carbocycles. The number of para-hydroxylation sites is 2. The Morgan fingerprint density at radius 1 is 0.365 bits per heavy atom. The van der Waals surface area contributed by atoms with Crippen LogP contribution in [0.15, 0.2) is 209 Å². The number of hydrogen-bond acceptors (Lipinski definition) is 6. The van der Waals surface area contributed by atoms with E-state index in [-0.39, 0.29) is 0 Å². The molecule has 7 nitrogen and oxygen atoms in total. The van der Waals surface area contributed by atoms with Crippen LogP contribution < -0.4 is 0 Å². The Balaban J connectivity index is 0.980. The van der Waals surface area contributed by atoms with Crippen molar-refractivity contribution in [1.82, 2.24) is 24.5 Å². The number of oxazole rings is 1. The van der Waals surface area contributed by atoms with E-state index < -0.39 is 0 Å². The lowest BCUT2D eigenvalue weighted by Crippen LogP contribution is -2.00. The molecule has 0 aliphatic rings. The molecule has 0 atom stereocenters. The highest BCUT2D eigenvalue weighted by atomic mass is 16.3. The van der Waals surface area contributed by atoms with Gasteiger partial charge in [0.1, 0.15) is 16.7 Å². The van der Waals surface area contributed by atoms with Crippen LogP contribution >= 0.6 is 0 Å². The largest absolute Gasteiger partial charge is 0.455 e. The van der Waals surface area contributed by atoms with Gasteiger partial charge in [-0.05, 0) is 88.6 Å². The number of benzene rings is 9. The van der Waals surface area contributed by atoms with Crippen LogP contribution in [0.5, 0.6) is 0 Å². The van der Waals surface area contributed by atoms with Crippen molar-refractivity contribution in [2.75, 3.05) is 0 Å². The van der Waals surface area contributed by atoms with Gasteiger partial charge in [0.25, 0.3) is 0 Å².